The molecule has 1 rings (SSSR count). The smallest absolute Gasteiger partial charge is 0.0640 e. The molecular weight excluding hydrogens is 281 g/mol. The van der Waals surface area contributed by atoms with Crippen LogP contribution in [0.5, 0.6) is 0 Å². The van der Waals surface area contributed by atoms with E-state index in [9.17, 15) is 0 Å². The number of hydrogen-bond acceptors (Lipinski definition) is 2. The summed E-state index contributed by atoms with van der Waals surface area (Å²) in [4.78, 5) is 0. The Morgan fingerprint density at radius 3 is 2.58 bits per heavy atom. The Labute approximate surface area is 126 Å². The molecule has 0 saturated heterocycles. The van der Waals surface area contributed by atoms with Crippen molar-refractivity contribution in [2.24, 2.45) is 0 Å². The van der Waals surface area contributed by atoms with Gasteiger partial charge in [0.05, 0.1) is 15.6 Å². The molecule has 0 heterocycles. The molecule has 0 amide bonds. The molecule has 1 atom stereocenters. The van der Waals surface area contributed by atoms with Crippen molar-refractivity contribution in [1.82, 2.24) is 5.32 Å². The zero-order valence-corrected chi connectivity index (χ0v) is 13.6. The van der Waals surface area contributed by atoms with E-state index in [2.05, 4.69) is 26.1 Å². The summed E-state index contributed by atoms with van der Waals surface area (Å²) in [5.41, 5.74) is 0.932. The minimum absolute atomic E-state index is 0.126. The third-order valence-electron chi connectivity index (χ3n) is 3.40. The van der Waals surface area contributed by atoms with E-state index in [4.69, 9.17) is 27.9 Å². The standard InChI is InChI=1S/C15H23Cl2NO/c1-5-18-13(9-10-15(2,3)19-4)11-7-6-8-12(16)14(11)17/h6-8,13,18H,5,9-10H2,1-4H3. The number of rotatable bonds is 7. The van der Waals surface area contributed by atoms with E-state index in [1.165, 1.54) is 0 Å². The fraction of sp³-hybridized carbons (Fsp3) is 0.600. The Balaban J connectivity index is 2.85. The van der Waals surface area contributed by atoms with Crippen LogP contribution in [0.4, 0.5) is 0 Å². The van der Waals surface area contributed by atoms with Crippen molar-refractivity contribution in [3.8, 4) is 0 Å². The van der Waals surface area contributed by atoms with E-state index in [-0.39, 0.29) is 11.6 Å². The predicted molar refractivity (Wildman–Crippen MR) is 83.2 cm³/mol. The molecule has 0 spiro atoms. The Morgan fingerprint density at radius 2 is 2.00 bits per heavy atom. The molecule has 1 aromatic rings. The Morgan fingerprint density at radius 1 is 1.32 bits per heavy atom. The summed E-state index contributed by atoms with van der Waals surface area (Å²) in [5.74, 6) is 0. The largest absolute Gasteiger partial charge is 0.379 e. The molecule has 0 aliphatic rings. The van der Waals surface area contributed by atoms with E-state index >= 15 is 0 Å². The highest BCUT2D eigenvalue weighted by molar-refractivity contribution is 6.42. The zero-order chi connectivity index (χ0) is 14.5. The lowest BCUT2D eigenvalue weighted by Crippen LogP contribution is -2.27. The van der Waals surface area contributed by atoms with Crippen LogP contribution in [0.3, 0.4) is 0 Å². The summed E-state index contributed by atoms with van der Waals surface area (Å²) in [5, 5.41) is 4.71. The first-order chi connectivity index (χ1) is 8.91. The first-order valence-electron chi connectivity index (χ1n) is 6.63. The van der Waals surface area contributed by atoms with Gasteiger partial charge in [0.15, 0.2) is 0 Å². The van der Waals surface area contributed by atoms with Crippen LogP contribution in [0.2, 0.25) is 10.0 Å². The van der Waals surface area contributed by atoms with Gasteiger partial charge >= 0.3 is 0 Å². The highest BCUT2D eigenvalue weighted by atomic mass is 35.5. The van der Waals surface area contributed by atoms with Gasteiger partial charge in [-0.05, 0) is 44.9 Å². The molecule has 1 unspecified atom stereocenters. The number of ether oxygens (including phenoxy) is 1. The predicted octanol–water partition coefficient (Wildman–Crippen LogP) is 4.85. The highest BCUT2D eigenvalue weighted by Crippen LogP contribution is 2.33. The number of halogens is 2. The summed E-state index contributed by atoms with van der Waals surface area (Å²) in [6, 6.07) is 5.98. The number of nitrogens with one attached hydrogen (secondary N) is 1. The van der Waals surface area contributed by atoms with Crippen LogP contribution in [0.15, 0.2) is 18.2 Å². The van der Waals surface area contributed by atoms with Crippen molar-refractivity contribution in [2.75, 3.05) is 13.7 Å². The van der Waals surface area contributed by atoms with Gasteiger partial charge in [-0.1, -0.05) is 42.3 Å². The molecule has 1 aromatic carbocycles. The molecule has 0 bridgehead atoms. The van der Waals surface area contributed by atoms with Crippen LogP contribution < -0.4 is 5.32 Å². The summed E-state index contributed by atoms with van der Waals surface area (Å²) >= 11 is 12.4. The Kier molecular flexibility index (Phi) is 6.61. The van der Waals surface area contributed by atoms with Crippen LogP contribution in [0.25, 0.3) is 0 Å². The molecule has 19 heavy (non-hydrogen) atoms. The second-order valence-electron chi connectivity index (χ2n) is 5.26. The van der Waals surface area contributed by atoms with Crippen LogP contribution in [0.1, 0.15) is 45.2 Å². The normalized spacial score (nSPS) is 13.6. The van der Waals surface area contributed by atoms with Crippen LogP contribution >= 0.6 is 23.2 Å². The van der Waals surface area contributed by atoms with Crippen molar-refractivity contribution in [3.05, 3.63) is 33.8 Å². The van der Waals surface area contributed by atoms with Gasteiger partial charge in [-0.15, -0.1) is 0 Å². The van der Waals surface area contributed by atoms with Gasteiger partial charge in [0.25, 0.3) is 0 Å². The minimum atomic E-state index is -0.126. The molecule has 0 saturated carbocycles. The molecule has 108 valence electrons. The number of hydrogen-bond donors (Lipinski definition) is 1. The lowest BCUT2D eigenvalue weighted by Gasteiger charge is -2.27. The SMILES string of the molecule is CCNC(CCC(C)(C)OC)c1cccc(Cl)c1Cl. The maximum Gasteiger partial charge on any atom is 0.0640 e. The maximum absolute atomic E-state index is 6.30. The summed E-state index contributed by atoms with van der Waals surface area (Å²) in [7, 11) is 1.74. The van der Waals surface area contributed by atoms with Crippen LogP contribution in [-0.2, 0) is 4.74 Å². The Bertz CT molecular complexity index is 407. The van der Waals surface area contributed by atoms with E-state index in [1.807, 2.05) is 18.2 Å². The monoisotopic (exact) mass is 303 g/mol. The molecule has 2 nitrogen and oxygen atoms in total. The van der Waals surface area contributed by atoms with E-state index < -0.39 is 0 Å². The molecular formula is C15H23Cl2NO. The quantitative estimate of drug-likeness (QED) is 0.777. The summed E-state index contributed by atoms with van der Waals surface area (Å²) < 4.78 is 5.47. The molecule has 0 aromatic heterocycles. The molecule has 0 fully saturated rings. The highest BCUT2D eigenvalue weighted by Gasteiger charge is 2.21. The number of methoxy groups -OCH3 is 1. The summed E-state index contributed by atoms with van der Waals surface area (Å²) in [6.45, 7) is 7.17. The molecule has 0 aliphatic carbocycles. The average molecular weight is 304 g/mol. The minimum Gasteiger partial charge on any atom is -0.379 e. The van der Waals surface area contributed by atoms with Crippen molar-refractivity contribution >= 4 is 23.2 Å². The summed E-state index contributed by atoms with van der Waals surface area (Å²) in [6.07, 6.45) is 1.90. The van der Waals surface area contributed by atoms with Crippen molar-refractivity contribution < 1.29 is 4.74 Å². The van der Waals surface area contributed by atoms with Crippen molar-refractivity contribution in [1.29, 1.82) is 0 Å². The molecule has 0 radical (unpaired) electrons. The van der Waals surface area contributed by atoms with Crippen molar-refractivity contribution in [2.45, 2.75) is 45.3 Å². The zero-order valence-electron chi connectivity index (χ0n) is 12.1. The van der Waals surface area contributed by atoms with E-state index in [0.29, 0.717) is 10.0 Å². The van der Waals surface area contributed by atoms with E-state index in [1.54, 1.807) is 7.11 Å². The average Bonchev–Trinajstić information content (AvgIpc) is 2.38. The van der Waals surface area contributed by atoms with Gasteiger partial charge in [0.1, 0.15) is 0 Å². The maximum atomic E-state index is 6.30. The van der Waals surface area contributed by atoms with Crippen LogP contribution in [0, 0.1) is 0 Å². The van der Waals surface area contributed by atoms with Gasteiger partial charge in [-0.2, -0.15) is 0 Å². The molecule has 1 N–H and O–H groups in total. The third kappa shape index (κ3) is 4.96. The topological polar surface area (TPSA) is 21.3 Å². The lowest BCUT2D eigenvalue weighted by atomic mass is 9.95. The van der Waals surface area contributed by atoms with Gasteiger partial charge < -0.3 is 10.1 Å². The molecule has 0 aliphatic heterocycles. The number of benzene rings is 1. The van der Waals surface area contributed by atoms with Gasteiger partial charge in [-0.3, -0.25) is 0 Å². The Hall–Kier alpha value is -0.280. The van der Waals surface area contributed by atoms with E-state index in [0.717, 1.165) is 24.9 Å². The lowest BCUT2D eigenvalue weighted by molar-refractivity contribution is 0.0117. The third-order valence-corrected chi connectivity index (χ3v) is 4.23. The van der Waals surface area contributed by atoms with Gasteiger partial charge in [0, 0.05) is 13.2 Å². The molecule has 4 heteroatoms. The van der Waals surface area contributed by atoms with Crippen molar-refractivity contribution in [3.63, 3.8) is 0 Å². The second kappa shape index (κ2) is 7.49. The fourth-order valence-corrected chi connectivity index (χ4v) is 2.44. The second-order valence-corrected chi connectivity index (χ2v) is 6.04. The fourth-order valence-electron chi connectivity index (χ4n) is 2.00. The van der Waals surface area contributed by atoms with Gasteiger partial charge in [-0.25, -0.2) is 0 Å². The first-order valence-corrected chi connectivity index (χ1v) is 7.39. The van der Waals surface area contributed by atoms with Crippen LogP contribution in [-0.4, -0.2) is 19.3 Å². The van der Waals surface area contributed by atoms with Gasteiger partial charge in [0.2, 0.25) is 0 Å². The first kappa shape index (κ1) is 16.8.